The zero-order valence-corrected chi connectivity index (χ0v) is 9.83. The second-order valence-electron chi connectivity index (χ2n) is 3.87. The van der Waals surface area contributed by atoms with Crippen LogP contribution in [0.15, 0.2) is 48.7 Å². The highest BCUT2D eigenvalue weighted by molar-refractivity contribution is 5.63. The van der Waals surface area contributed by atoms with Gasteiger partial charge in [-0.05, 0) is 25.0 Å². The largest absolute Gasteiger partial charge is 0.375 e. The van der Waals surface area contributed by atoms with Crippen LogP contribution in [0.3, 0.4) is 0 Å². The Morgan fingerprint density at radius 2 is 1.87 bits per heavy atom. The third-order valence-corrected chi connectivity index (χ3v) is 2.55. The summed E-state index contributed by atoms with van der Waals surface area (Å²) in [4.78, 5) is 2.13. The van der Waals surface area contributed by atoms with Gasteiger partial charge in [0.15, 0.2) is 0 Å². The van der Waals surface area contributed by atoms with Crippen LogP contribution >= 0.6 is 0 Å². The van der Waals surface area contributed by atoms with Gasteiger partial charge in [-0.1, -0.05) is 43.0 Å². The van der Waals surface area contributed by atoms with E-state index in [4.69, 9.17) is 0 Å². The van der Waals surface area contributed by atoms with E-state index in [9.17, 15) is 0 Å². The monoisotopic (exact) mass is 201 g/mol. The number of likely N-dealkylation sites (N-methyl/N-ethyl adjacent to an activating group) is 1. The van der Waals surface area contributed by atoms with Gasteiger partial charge in [-0.2, -0.15) is 0 Å². The van der Waals surface area contributed by atoms with Gasteiger partial charge < -0.3 is 4.90 Å². The second kappa shape index (κ2) is 5.40. The van der Waals surface area contributed by atoms with Crippen molar-refractivity contribution in [3.8, 4) is 0 Å². The Kier molecular flexibility index (Phi) is 4.17. The summed E-state index contributed by atoms with van der Waals surface area (Å²) in [6.07, 6.45) is 2.23. The lowest BCUT2D eigenvalue weighted by Gasteiger charge is -2.16. The molecule has 15 heavy (non-hydrogen) atoms. The Balaban J connectivity index is 2.65. The van der Waals surface area contributed by atoms with E-state index in [1.165, 1.54) is 11.1 Å². The standard InChI is InChI=1S/C14H19N/c1-12(2)15(4)11-10-13(3)14-8-6-5-7-9-14/h5-10H,1,11H2,2-4H3/b13-10+. The van der Waals surface area contributed by atoms with Crippen LogP contribution in [0.1, 0.15) is 19.4 Å². The fraction of sp³-hybridized carbons (Fsp3) is 0.286. The molecular weight excluding hydrogens is 182 g/mol. The molecule has 0 amide bonds. The number of hydrogen-bond acceptors (Lipinski definition) is 1. The van der Waals surface area contributed by atoms with Crippen molar-refractivity contribution in [2.45, 2.75) is 13.8 Å². The summed E-state index contributed by atoms with van der Waals surface area (Å²) in [7, 11) is 2.05. The van der Waals surface area contributed by atoms with Crippen molar-refractivity contribution in [1.29, 1.82) is 0 Å². The molecule has 1 heteroatoms. The van der Waals surface area contributed by atoms with Gasteiger partial charge >= 0.3 is 0 Å². The third-order valence-electron chi connectivity index (χ3n) is 2.55. The lowest BCUT2D eigenvalue weighted by Crippen LogP contribution is -2.14. The van der Waals surface area contributed by atoms with Gasteiger partial charge in [0.1, 0.15) is 0 Å². The molecule has 1 aromatic rings. The van der Waals surface area contributed by atoms with E-state index in [0.717, 1.165) is 12.2 Å². The lowest BCUT2D eigenvalue weighted by atomic mass is 10.1. The van der Waals surface area contributed by atoms with Crippen molar-refractivity contribution in [3.05, 3.63) is 54.2 Å². The smallest absolute Gasteiger partial charge is 0.0358 e. The van der Waals surface area contributed by atoms with E-state index in [-0.39, 0.29) is 0 Å². The highest BCUT2D eigenvalue weighted by atomic mass is 15.1. The molecule has 0 saturated heterocycles. The fourth-order valence-electron chi connectivity index (χ4n) is 1.25. The zero-order valence-electron chi connectivity index (χ0n) is 9.83. The predicted octanol–water partition coefficient (Wildman–Crippen LogP) is 3.56. The first kappa shape index (κ1) is 11.6. The van der Waals surface area contributed by atoms with Gasteiger partial charge in [0, 0.05) is 19.3 Å². The van der Waals surface area contributed by atoms with Crippen molar-refractivity contribution in [2.24, 2.45) is 0 Å². The van der Waals surface area contributed by atoms with Crippen molar-refractivity contribution >= 4 is 5.57 Å². The van der Waals surface area contributed by atoms with Gasteiger partial charge in [-0.15, -0.1) is 0 Å². The molecule has 0 fully saturated rings. The lowest BCUT2D eigenvalue weighted by molar-refractivity contribution is 0.468. The molecule has 0 aromatic heterocycles. The van der Waals surface area contributed by atoms with Crippen LogP contribution < -0.4 is 0 Å². The predicted molar refractivity (Wildman–Crippen MR) is 67.5 cm³/mol. The molecule has 0 saturated carbocycles. The summed E-state index contributed by atoms with van der Waals surface area (Å²) in [5.74, 6) is 0. The highest BCUT2D eigenvalue weighted by Gasteiger charge is 1.96. The molecule has 1 aromatic carbocycles. The molecule has 80 valence electrons. The molecule has 0 aliphatic carbocycles. The van der Waals surface area contributed by atoms with Crippen LogP contribution in [0.2, 0.25) is 0 Å². The van der Waals surface area contributed by atoms with E-state index in [1.807, 2.05) is 13.0 Å². The average molecular weight is 201 g/mol. The van der Waals surface area contributed by atoms with Crippen LogP contribution in [-0.4, -0.2) is 18.5 Å². The summed E-state index contributed by atoms with van der Waals surface area (Å²) < 4.78 is 0. The van der Waals surface area contributed by atoms with Gasteiger partial charge in [0.25, 0.3) is 0 Å². The molecule has 0 aliphatic rings. The molecule has 0 unspecified atom stereocenters. The Morgan fingerprint density at radius 3 is 2.40 bits per heavy atom. The SMILES string of the molecule is C=C(C)N(C)C/C=C(\C)c1ccccc1. The minimum atomic E-state index is 0.913. The first-order chi connectivity index (χ1) is 7.11. The van der Waals surface area contributed by atoms with E-state index >= 15 is 0 Å². The van der Waals surface area contributed by atoms with Crippen molar-refractivity contribution in [1.82, 2.24) is 4.90 Å². The topological polar surface area (TPSA) is 3.24 Å². The maximum absolute atomic E-state index is 3.90. The molecule has 1 nitrogen and oxygen atoms in total. The van der Waals surface area contributed by atoms with Gasteiger partial charge in [-0.3, -0.25) is 0 Å². The molecule has 0 radical (unpaired) electrons. The van der Waals surface area contributed by atoms with Crippen molar-refractivity contribution in [3.63, 3.8) is 0 Å². The summed E-state index contributed by atoms with van der Waals surface area (Å²) in [6, 6.07) is 10.4. The Labute approximate surface area is 92.7 Å². The molecule has 1 rings (SSSR count). The maximum atomic E-state index is 3.90. The minimum absolute atomic E-state index is 0.913. The van der Waals surface area contributed by atoms with Gasteiger partial charge in [-0.25, -0.2) is 0 Å². The Hall–Kier alpha value is -1.50. The van der Waals surface area contributed by atoms with Crippen LogP contribution in [0, 0.1) is 0 Å². The molecular formula is C14H19N. The highest BCUT2D eigenvalue weighted by Crippen LogP contribution is 2.12. The minimum Gasteiger partial charge on any atom is -0.375 e. The van der Waals surface area contributed by atoms with E-state index in [2.05, 4.69) is 55.8 Å². The molecule has 0 bridgehead atoms. The first-order valence-corrected chi connectivity index (χ1v) is 5.20. The average Bonchev–Trinajstić information content (AvgIpc) is 2.26. The molecule has 0 heterocycles. The van der Waals surface area contributed by atoms with Crippen LogP contribution in [0.25, 0.3) is 5.57 Å². The normalized spacial score (nSPS) is 11.3. The Morgan fingerprint density at radius 1 is 1.27 bits per heavy atom. The Bertz CT molecular complexity index is 349. The quantitative estimate of drug-likeness (QED) is 0.720. The van der Waals surface area contributed by atoms with Gasteiger partial charge in [0.05, 0.1) is 0 Å². The van der Waals surface area contributed by atoms with E-state index in [1.54, 1.807) is 0 Å². The number of allylic oxidation sites excluding steroid dienone is 2. The third kappa shape index (κ3) is 3.62. The van der Waals surface area contributed by atoms with E-state index < -0.39 is 0 Å². The summed E-state index contributed by atoms with van der Waals surface area (Å²) in [5.41, 5.74) is 3.68. The first-order valence-electron chi connectivity index (χ1n) is 5.20. The maximum Gasteiger partial charge on any atom is 0.0358 e. The van der Waals surface area contributed by atoms with Crippen molar-refractivity contribution in [2.75, 3.05) is 13.6 Å². The van der Waals surface area contributed by atoms with Crippen LogP contribution in [-0.2, 0) is 0 Å². The molecule has 0 N–H and O–H groups in total. The number of benzene rings is 1. The molecule has 0 spiro atoms. The summed E-state index contributed by atoms with van der Waals surface area (Å²) in [5, 5.41) is 0. The fourth-order valence-corrected chi connectivity index (χ4v) is 1.25. The van der Waals surface area contributed by atoms with Crippen LogP contribution in [0.4, 0.5) is 0 Å². The zero-order chi connectivity index (χ0) is 11.3. The summed E-state index contributed by atoms with van der Waals surface area (Å²) >= 11 is 0. The van der Waals surface area contributed by atoms with Crippen LogP contribution in [0.5, 0.6) is 0 Å². The number of hydrogen-bond donors (Lipinski definition) is 0. The molecule has 0 atom stereocenters. The second-order valence-corrected chi connectivity index (χ2v) is 3.87. The number of nitrogens with zero attached hydrogens (tertiary/aromatic N) is 1. The number of rotatable bonds is 4. The van der Waals surface area contributed by atoms with Gasteiger partial charge in [0.2, 0.25) is 0 Å². The van der Waals surface area contributed by atoms with Crippen molar-refractivity contribution < 1.29 is 0 Å². The summed E-state index contributed by atoms with van der Waals surface area (Å²) in [6.45, 7) is 8.98. The molecule has 0 aliphatic heterocycles. The van der Waals surface area contributed by atoms with E-state index in [0.29, 0.717) is 0 Å².